The van der Waals surface area contributed by atoms with Crippen LogP contribution in [0, 0.1) is 0 Å². The van der Waals surface area contributed by atoms with Gasteiger partial charge in [-0.05, 0) is 73.6 Å². The molecule has 1 saturated carbocycles. The number of carbonyl (C=O) groups is 2. The van der Waals surface area contributed by atoms with Gasteiger partial charge in [-0.3, -0.25) is 0 Å². The molecule has 0 bridgehead atoms. The molecular formula is C26H24O4. The number of hydrogen-bond donors (Lipinski definition) is 0. The van der Waals surface area contributed by atoms with Gasteiger partial charge in [0.05, 0.1) is 11.1 Å². The summed E-state index contributed by atoms with van der Waals surface area (Å²) in [7, 11) is 0. The van der Waals surface area contributed by atoms with E-state index >= 15 is 0 Å². The van der Waals surface area contributed by atoms with Crippen LogP contribution >= 0.6 is 0 Å². The predicted octanol–water partition coefficient (Wildman–Crippen LogP) is 5.79. The zero-order valence-corrected chi connectivity index (χ0v) is 16.7. The summed E-state index contributed by atoms with van der Waals surface area (Å²) in [5.74, 6) is 0.343. The molecule has 30 heavy (non-hydrogen) atoms. The van der Waals surface area contributed by atoms with E-state index in [-0.39, 0.29) is 18.0 Å². The molecule has 0 radical (unpaired) electrons. The van der Waals surface area contributed by atoms with Crippen LogP contribution in [0.3, 0.4) is 0 Å². The fraction of sp³-hybridized carbons (Fsp3) is 0.231. The van der Waals surface area contributed by atoms with Crippen molar-refractivity contribution in [3.05, 3.63) is 102 Å². The molecule has 0 aromatic heterocycles. The van der Waals surface area contributed by atoms with Gasteiger partial charge in [-0.2, -0.15) is 0 Å². The van der Waals surface area contributed by atoms with Gasteiger partial charge in [0.15, 0.2) is 0 Å². The molecule has 4 nitrogen and oxygen atoms in total. The molecular weight excluding hydrogens is 376 g/mol. The second-order valence-electron chi connectivity index (χ2n) is 7.57. The molecule has 0 aliphatic heterocycles. The Morgan fingerprint density at radius 3 is 1.83 bits per heavy atom. The van der Waals surface area contributed by atoms with Gasteiger partial charge in [0.2, 0.25) is 0 Å². The molecule has 0 amide bonds. The minimum absolute atomic E-state index is 0.0333. The molecule has 1 fully saturated rings. The molecule has 1 aliphatic carbocycles. The van der Waals surface area contributed by atoms with E-state index in [9.17, 15) is 9.59 Å². The van der Waals surface area contributed by atoms with Crippen molar-refractivity contribution in [3.63, 3.8) is 0 Å². The highest BCUT2D eigenvalue weighted by atomic mass is 16.5. The summed E-state index contributed by atoms with van der Waals surface area (Å²) >= 11 is 0. The Labute approximate surface area is 176 Å². The second kappa shape index (κ2) is 9.40. The van der Waals surface area contributed by atoms with Gasteiger partial charge in [0.1, 0.15) is 11.9 Å². The van der Waals surface area contributed by atoms with E-state index in [2.05, 4.69) is 0 Å². The van der Waals surface area contributed by atoms with Crippen molar-refractivity contribution in [2.24, 2.45) is 0 Å². The quantitative estimate of drug-likeness (QED) is 0.402. The highest BCUT2D eigenvalue weighted by Gasteiger charge is 2.25. The summed E-state index contributed by atoms with van der Waals surface area (Å²) in [6.45, 7) is 0. The molecule has 3 aromatic rings. The first-order valence-electron chi connectivity index (χ1n) is 10.3. The van der Waals surface area contributed by atoms with Gasteiger partial charge in [-0.15, -0.1) is 0 Å². The highest BCUT2D eigenvalue weighted by molar-refractivity contribution is 5.91. The third kappa shape index (κ3) is 4.95. The van der Waals surface area contributed by atoms with E-state index < -0.39 is 0 Å². The van der Waals surface area contributed by atoms with Gasteiger partial charge in [-0.1, -0.05) is 48.5 Å². The Bertz CT molecular complexity index is 973. The smallest absolute Gasteiger partial charge is 0.343 e. The number of hydrogen-bond acceptors (Lipinski definition) is 4. The Hall–Kier alpha value is -3.40. The van der Waals surface area contributed by atoms with Crippen LogP contribution in [-0.4, -0.2) is 18.0 Å². The fourth-order valence-electron chi connectivity index (χ4n) is 3.85. The molecule has 0 atom stereocenters. The average molecular weight is 400 g/mol. The first-order chi connectivity index (χ1) is 14.7. The van der Waals surface area contributed by atoms with Crippen LogP contribution in [0.15, 0.2) is 84.9 Å². The number of para-hydroxylation sites is 1. The number of carbonyl (C=O) groups excluding carboxylic acids is 2. The van der Waals surface area contributed by atoms with Gasteiger partial charge < -0.3 is 9.47 Å². The number of ether oxygens (including phenoxy) is 2. The van der Waals surface area contributed by atoms with Crippen molar-refractivity contribution in [2.45, 2.75) is 37.7 Å². The molecule has 0 heterocycles. The third-order valence-corrected chi connectivity index (χ3v) is 5.53. The molecule has 0 unspecified atom stereocenters. The molecule has 152 valence electrons. The van der Waals surface area contributed by atoms with Crippen LogP contribution in [0.1, 0.15) is 57.9 Å². The first kappa shape index (κ1) is 19.9. The van der Waals surface area contributed by atoms with Crippen LogP contribution in [0.25, 0.3) is 0 Å². The summed E-state index contributed by atoms with van der Waals surface area (Å²) in [6, 6.07) is 25.8. The Kier molecular flexibility index (Phi) is 6.23. The number of rotatable bonds is 5. The second-order valence-corrected chi connectivity index (χ2v) is 7.57. The lowest BCUT2D eigenvalue weighted by atomic mass is 9.82. The van der Waals surface area contributed by atoms with Crippen LogP contribution in [0.2, 0.25) is 0 Å². The van der Waals surface area contributed by atoms with Crippen molar-refractivity contribution in [3.8, 4) is 5.75 Å². The lowest BCUT2D eigenvalue weighted by Gasteiger charge is -2.28. The van der Waals surface area contributed by atoms with E-state index in [4.69, 9.17) is 9.47 Å². The maximum absolute atomic E-state index is 12.3. The van der Waals surface area contributed by atoms with Crippen LogP contribution in [0.5, 0.6) is 5.75 Å². The monoisotopic (exact) mass is 400 g/mol. The molecule has 1 aliphatic rings. The Balaban J connectivity index is 1.29. The zero-order valence-electron chi connectivity index (χ0n) is 16.7. The molecule has 4 rings (SSSR count). The minimum atomic E-state index is -0.357. The maximum Gasteiger partial charge on any atom is 0.343 e. The largest absolute Gasteiger partial charge is 0.459 e. The summed E-state index contributed by atoms with van der Waals surface area (Å²) < 4.78 is 11.1. The fourth-order valence-corrected chi connectivity index (χ4v) is 3.85. The summed E-state index contributed by atoms with van der Waals surface area (Å²) in [5.41, 5.74) is 2.34. The van der Waals surface area contributed by atoms with Crippen molar-refractivity contribution >= 4 is 11.9 Å². The van der Waals surface area contributed by atoms with E-state index in [1.54, 1.807) is 24.3 Å². The number of esters is 2. The Morgan fingerprint density at radius 1 is 0.633 bits per heavy atom. The van der Waals surface area contributed by atoms with Crippen molar-refractivity contribution < 1.29 is 19.1 Å². The summed E-state index contributed by atoms with van der Waals surface area (Å²) in [5, 5.41) is 0. The van der Waals surface area contributed by atoms with Crippen molar-refractivity contribution in [1.82, 2.24) is 0 Å². The van der Waals surface area contributed by atoms with Crippen LogP contribution in [0.4, 0.5) is 0 Å². The third-order valence-electron chi connectivity index (χ3n) is 5.53. The van der Waals surface area contributed by atoms with Crippen LogP contribution < -0.4 is 4.74 Å². The van der Waals surface area contributed by atoms with E-state index in [0.717, 1.165) is 25.7 Å². The molecule has 0 spiro atoms. The topological polar surface area (TPSA) is 52.6 Å². The normalized spacial score (nSPS) is 18.4. The van der Waals surface area contributed by atoms with Crippen molar-refractivity contribution in [2.75, 3.05) is 0 Å². The predicted molar refractivity (Wildman–Crippen MR) is 115 cm³/mol. The van der Waals surface area contributed by atoms with Gasteiger partial charge in [0, 0.05) is 0 Å². The van der Waals surface area contributed by atoms with Gasteiger partial charge >= 0.3 is 11.9 Å². The zero-order chi connectivity index (χ0) is 20.8. The number of benzene rings is 3. The SMILES string of the molecule is O=C(Oc1ccccc1)c1ccc(C2CCC(OC(=O)c3ccccc3)CC2)cc1. The molecule has 0 saturated heterocycles. The van der Waals surface area contributed by atoms with Crippen molar-refractivity contribution in [1.29, 1.82) is 0 Å². The lowest BCUT2D eigenvalue weighted by molar-refractivity contribution is 0.0195. The maximum atomic E-state index is 12.3. The van der Waals surface area contributed by atoms with E-state index in [1.165, 1.54) is 5.56 Å². The molecule has 3 aromatic carbocycles. The standard InChI is InChI=1S/C26H24O4/c27-25(21-7-3-1-4-8-21)30-24-17-15-20(16-18-24)19-11-13-22(14-12-19)26(28)29-23-9-5-2-6-10-23/h1-14,20,24H,15-18H2. The van der Waals surface area contributed by atoms with E-state index in [1.807, 2.05) is 60.7 Å². The van der Waals surface area contributed by atoms with Gasteiger partial charge in [-0.25, -0.2) is 9.59 Å². The van der Waals surface area contributed by atoms with E-state index in [0.29, 0.717) is 22.8 Å². The Morgan fingerprint density at radius 2 is 1.20 bits per heavy atom. The minimum Gasteiger partial charge on any atom is -0.459 e. The summed E-state index contributed by atoms with van der Waals surface area (Å²) in [6.07, 6.45) is 3.58. The average Bonchev–Trinajstić information content (AvgIpc) is 2.81. The molecule has 0 N–H and O–H groups in total. The summed E-state index contributed by atoms with van der Waals surface area (Å²) in [4.78, 5) is 24.5. The van der Waals surface area contributed by atoms with Crippen LogP contribution in [-0.2, 0) is 4.74 Å². The molecule has 4 heteroatoms. The first-order valence-corrected chi connectivity index (χ1v) is 10.3. The van der Waals surface area contributed by atoms with Gasteiger partial charge in [0.25, 0.3) is 0 Å². The highest BCUT2D eigenvalue weighted by Crippen LogP contribution is 2.34. The lowest BCUT2D eigenvalue weighted by Crippen LogP contribution is -2.24.